The Morgan fingerprint density at radius 3 is 2.40 bits per heavy atom. The Hall–Kier alpha value is -2.10. The molecule has 0 aliphatic rings. The lowest BCUT2D eigenvalue weighted by molar-refractivity contribution is 0.340. The molecule has 4 nitrogen and oxygen atoms in total. The second-order valence-electron chi connectivity index (χ2n) is 4.85. The number of hydrogen-bond donors (Lipinski definition) is 1. The van der Waals surface area contributed by atoms with Gasteiger partial charge in [0.15, 0.2) is 0 Å². The van der Waals surface area contributed by atoms with Crippen LogP contribution in [0, 0.1) is 0 Å². The summed E-state index contributed by atoms with van der Waals surface area (Å²) in [5.74, 6) is 2.12. The maximum Gasteiger partial charge on any atom is 0.133 e. The summed E-state index contributed by atoms with van der Waals surface area (Å²) >= 11 is 0. The number of aromatic nitrogens is 2. The third-order valence-electron chi connectivity index (χ3n) is 3.14. The molecule has 0 bridgehead atoms. The zero-order valence-corrected chi connectivity index (χ0v) is 12.5. The molecule has 0 unspecified atom stereocenters. The fraction of sp³-hybridized carbons (Fsp3) is 0.375. The van der Waals surface area contributed by atoms with Crippen LogP contribution in [0.2, 0.25) is 0 Å². The number of benzene rings is 1. The first-order chi connectivity index (χ1) is 9.67. The van der Waals surface area contributed by atoms with Gasteiger partial charge in [0.2, 0.25) is 0 Å². The van der Waals surface area contributed by atoms with Gasteiger partial charge < -0.3 is 10.1 Å². The van der Waals surface area contributed by atoms with E-state index in [4.69, 9.17) is 4.74 Å². The molecule has 1 aromatic heterocycles. The van der Waals surface area contributed by atoms with E-state index < -0.39 is 0 Å². The average Bonchev–Trinajstić information content (AvgIpc) is 2.47. The second-order valence-corrected chi connectivity index (χ2v) is 4.85. The lowest BCUT2D eigenvalue weighted by atomic mass is 9.97. The third kappa shape index (κ3) is 2.90. The SMILES string of the molecule is CCOc1ccc(-c2ncnc(NC)c2C(C)C)cc1. The molecule has 2 rings (SSSR count). The summed E-state index contributed by atoms with van der Waals surface area (Å²) in [6.45, 7) is 6.96. The first-order valence-electron chi connectivity index (χ1n) is 6.93. The van der Waals surface area contributed by atoms with Gasteiger partial charge in [-0.05, 0) is 37.1 Å². The van der Waals surface area contributed by atoms with Gasteiger partial charge in [-0.3, -0.25) is 0 Å². The van der Waals surface area contributed by atoms with E-state index in [-0.39, 0.29) is 0 Å². The van der Waals surface area contributed by atoms with Crippen LogP contribution in [0.25, 0.3) is 11.3 Å². The van der Waals surface area contributed by atoms with Crippen molar-refractivity contribution >= 4 is 5.82 Å². The zero-order valence-electron chi connectivity index (χ0n) is 12.5. The van der Waals surface area contributed by atoms with Crippen molar-refractivity contribution in [1.82, 2.24) is 9.97 Å². The van der Waals surface area contributed by atoms with Crippen molar-refractivity contribution in [2.45, 2.75) is 26.7 Å². The summed E-state index contributed by atoms with van der Waals surface area (Å²) < 4.78 is 5.47. The monoisotopic (exact) mass is 271 g/mol. The van der Waals surface area contributed by atoms with Crippen LogP contribution in [0.15, 0.2) is 30.6 Å². The molecule has 0 amide bonds. The number of anilines is 1. The Labute approximate surface area is 120 Å². The van der Waals surface area contributed by atoms with Crippen molar-refractivity contribution in [1.29, 1.82) is 0 Å². The first kappa shape index (κ1) is 14.3. The van der Waals surface area contributed by atoms with Gasteiger partial charge in [0.05, 0.1) is 12.3 Å². The molecule has 0 fully saturated rings. The van der Waals surface area contributed by atoms with E-state index in [0.29, 0.717) is 12.5 Å². The first-order valence-corrected chi connectivity index (χ1v) is 6.93. The molecule has 0 atom stereocenters. The van der Waals surface area contributed by atoms with E-state index in [0.717, 1.165) is 28.4 Å². The highest BCUT2D eigenvalue weighted by Gasteiger charge is 2.15. The predicted molar refractivity (Wildman–Crippen MR) is 82.3 cm³/mol. The molecule has 1 heterocycles. The third-order valence-corrected chi connectivity index (χ3v) is 3.14. The van der Waals surface area contributed by atoms with Crippen LogP contribution in [0.5, 0.6) is 5.75 Å². The minimum absolute atomic E-state index is 0.347. The molecule has 0 radical (unpaired) electrons. The van der Waals surface area contributed by atoms with Crippen LogP contribution >= 0.6 is 0 Å². The van der Waals surface area contributed by atoms with Crippen LogP contribution in [0.4, 0.5) is 5.82 Å². The summed E-state index contributed by atoms with van der Waals surface area (Å²) in [6, 6.07) is 8.03. The van der Waals surface area contributed by atoms with E-state index in [1.807, 2.05) is 38.2 Å². The summed E-state index contributed by atoms with van der Waals surface area (Å²) in [5, 5.41) is 3.14. The van der Waals surface area contributed by atoms with Crippen LogP contribution < -0.4 is 10.1 Å². The Morgan fingerprint density at radius 1 is 1.15 bits per heavy atom. The topological polar surface area (TPSA) is 47.0 Å². The fourth-order valence-electron chi connectivity index (χ4n) is 2.25. The molecule has 1 aromatic carbocycles. The Morgan fingerprint density at radius 2 is 1.85 bits per heavy atom. The minimum atomic E-state index is 0.347. The number of rotatable bonds is 5. The van der Waals surface area contributed by atoms with E-state index >= 15 is 0 Å². The second kappa shape index (κ2) is 6.37. The van der Waals surface area contributed by atoms with E-state index in [1.54, 1.807) is 6.33 Å². The number of nitrogens with zero attached hydrogens (tertiary/aromatic N) is 2. The van der Waals surface area contributed by atoms with Crippen molar-refractivity contribution < 1.29 is 4.74 Å². The quantitative estimate of drug-likeness (QED) is 0.900. The maximum absolute atomic E-state index is 5.47. The lowest BCUT2D eigenvalue weighted by Gasteiger charge is -2.15. The Balaban J connectivity index is 2.46. The van der Waals surface area contributed by atoms with Gasteiger partial charge >= 0.3 is 0 Å². The number of ether oxygens (including phenoxy) is 1. The highest BCUT2D eigenvalue weighted by Crippen LogP contribution is 2.32. The van der Waals surface area contributed by atoms with Gasteiger partial charge in [-0.15, -0.1) is 0 Å². The normalized spacial score (nSPS) is 10.7. The molecule has 0 aliphatic carbocycles. The Kier molecular flexibility index (Phi) is 4.56. The highest BCUT2D eigenvalue weighted by atomic mass is 16.5. The molecule has 0 saturated heterocycles. The smallest absolute Gasteiger partial charge is 0.133 e. The van der Waals surface area contributed by atoms with Gasteiger partial charge in [-0.25, -0.2) is 9.97 Å². The maximum atomic E-state index is 5.47. The molecular formula is C16H21N3O. The summed E-state index contributed by atoms with van der Waals surface area (Å²) in [7, 11) is 1.89. The molecule has 20 heavy (non-hydrogen) atoms. The van der Waals surface area contributed by atoms with Crippen LogP contribution in [0.1, 0.15) is 32.3 Å². The molecule has 2 aromatic rings. The van der Waals surface area contributed by atoms with Crippen LogP contribution in [0.3, 0.4) is 0 Å². The van der Waals surface area contributed by atoms with Crippen molar-refractivity contribution in [3.8, 4) is 17.0 Å². The molecule has 0 saturated carbocycles. The van der Waals surface area contributed by atoms with Crippen molar-refractivity contribution in [3.05, 3.63) is 36.2 Å². The number of hydrogen-bond acceptors (Lipinski definition) is 4. The van der Waals surface area contributed by atoms with Crippen LogP contribution in [-0.4, -0.2) is 23.6 Å². The zero-order chi connectivity index (χ0) is 14.5. The molecule has 0 spiro atoms. The Bertz CT molecular complexity index is 564. The van der Waals surface area contributed by atoms with Crippen molar-refractivity contribution in [3.63, 3.8) is 0 Å². The van der Waals surface area contributed by atoms with Crippen molar-refractivity contribution in [2.24, 2.45) is 0 Å². The van der Waals surface area contributed by atoms with Gasteiger partial charge in [0.1, 0.15) is 17.9 Å². The van der Waals surface area contributed by atoms with Gasteiger partial charge in [-0.1, -0.05) is 13.8 Å². The van der Waals surface area contributed by atoms with Gasteiger partial charge in [-0.2, -0.15) is 0 Å². The van der Waals surface area contributed by atoms with E-state index in [9.17, 15) is 0 Å². The predicted octanol–water partition coefficient (Wildman–Crippen LogP) is 3.71. The summed E-state index contributed by atoms with van der Waals surface area (Å²) in [4.78, 5) is 8.77. The fourth-order valence-corrected chi connectivity index (χ4v) is 2.25. The molecule has 106 valence electrons. The lowest BCUT2D eigenvalue weighted by Crippen LogP contribution is -2.04. The van der Waals surface area contributed by atoms with Gasteiger partial charge in [0.25, 0.3) is 0 Å². The highest BCUT2D eigenvalue weighted by molar-refractivity contribution is 5.69. The molecule has 0 aliphatic heterocycles. The molecule has 1 N–H and O–H groups in total. The number of nitrogens with one attached hydrogen (secondary N) is 1. The van der Waals surface area contributed by atoms with Gasteiger partial charge in [0, 0.05) is 18.2 Å². The largest absolute Gasteiger partial charge is 0.494 e. The molecule has 4 heteroatoms. The summed E-state index contributed by atoms with van der Waals surface area (Å²) in [6.07, 6.45) is 1.60. The molecular weight excluding hydrogens is 250 g/mol. The summed E-state index contributed by atoms with van der Waals surface area (Å²) in [5.41, 5.74) is 3.19. The van der Waals surface area contributed by atoms with Crippen molar-refractivity contribution in [2.75, 3.05) is 19.0 Å². The average molecular weight is 271 g/mol. The van der Waals surface area contributed by atoms with Crippen LogP contribution in [-0.2, 0) is 0 Å². The minimum Gasteiger partial charge on any atom is -0.494 e. The van der Waals surface area contributed by atoms with E-state index in [1.165, 1.54) is 0 Å². The van der Waals surface area contributed by atoms with E-state index in [2.05, 4.69) is 29.1 Å². The standard InChI is InChI=1S/C16H21N3O/c1-5-20-13-8-6-12(7-9-13)15-14(11(2)3)16(17-4)19-10-18-15/h6-11H,5H2,1-4H3,(H,17,18,19).